The molecule has 0 saturated carbocycles. The molecule has 0 saturated heterocycles. The third-order valence-electron chi connectivity index (χ3n) is 5.15. The van der Waals surface area contributed by atoms with Crippen molar-refractivity contribution in [3.63, 3.8) is 0 Å². The Labute approximate surface area is 244 Å². The van der Waals surface area contributed by atoms with Gasteiger partial charge < -0.3 is 9.47 Å². The number of hydrazone groups is 1. The number of rotatable bonds is 10. The van der Waals surface area contributed by atoms with E-state index >= 15 is 0 Å². The van der Waals surface area contributed by atoms with E-state index in [0.29, 0.717) is 36.6 Å². The van der Waals surface area contributed by atoms with Crippen LogP contribution in [-0.2, 0) is 21.4 Å². The number of carbonyl (C=O) groups is 1. The summed E-state index contributed by atoms with van der Waals surface area (Å²) in [6.07, 6.45) is 2.40. The van der Waals surface area contributed by atoms with Crippen LogP contribution < -0.4 is 19.2 Å². The second kappa shape index (κ2) is 13.0. The second-order valence-electron chi connectivity index (χ2n) is 8.07. The molecule has 0 fully saturated rings. The number of nitrogens with zero attached hydrogens (tertiary/aromatic N) is 2. The maximum Gasteiger partial charge on any atom is 0.260 e. The molecule has 0 unspecified atom stereocenters. The number of nitrogens with one attached hydrogen (secondary N) is 1. The maximum absolute atomic E-state index is 12.5. The number of halogens is 4. The molecule has 8 nitrogen and oxygen atoms in total. The van der Waals surface area contributed by atoms with Crippen molar-refractivity contribution >= 4 is 78.6 Å². The van der Waals surface area contributed by atoms with Crippen LogP contribution in [0.25, 0.3) is 0 Å². The topological polar surface area (TPSA) is 97.3 Å². The van der Waals surface area contributed by atoms with Crippen LogP contribution in [-0.4, -0.2) is 40.4 Å². The number of amides is 1. The van der Waals surface area contributed by atoms with Crippen molar-refractivity contribution in [3.8, 4) is 11.5 Å². The van der Waals surface area contributed by atoms with Crippen LogP contribution in [0.3, 0.4) is 0 Å². The normalized spacial score (nSPS) is 11.4. The minimum atomic E-state index is -3.76. The van der Waals surface area contributed by atoms with Crippen molar-refractivity contribution in [2.24, 2.45) is 5.10 Å². The first-order chi connectivity index (χ1) is 17.9. The highest BCUT2D eigenvalue weighted by molar-refractivity contribution is 9.10. The number of ether oxygens (including phenoxy) is 2. The van der Waals surface area contributed by atoms with Gasteiger partial charge in [0.2, 0.25) is 10.0 Å². The van der Waals surface area contributed by atoms with Gasteiger partial charge in [0.25, 0.3) is 5.91 Å². The lowest BCUT2D eigenvalue weighted by molar-refractivity contribution is -0.119. The standard InChI is InChI=1S/C25H23BrCl3N3O5S/c1-15-4-6-18(11-21(15)28)32(38(3,34)35)13-24(33)31-30-12-17-8-19(26)25(23(10-17)36-2)37-14-16-5-7-20(27)22(29)9-16/h4-12H,13-14H2,1-3H3,(H,31,33)/b30-12-. The van der Waals surface area contributed by atoms with Gasteiger partial charge in [-0.25, -0.2) is 13.8 Å². The molecule has 0 bridgehead atoms. The second-order valence-corrected chi connectivity index (χ2v) is 12.1. The van der Waals surface area contributed by atoms with Gasteiger partial charge in [-0.15, -0.1) is 0 Å². The zero-order valence-corrected chi connectivity index (χ0v) is 25.1. The maximum atomic E-state index is 12.5. The van der Waals surface area contributed by atoms with Gasteiger partial charge in [0.1, 0.15) is 13.2 Å². The molecule has 0 radical (unpaired) electrons. The Morgan fingerprint density at radius 3 is 2.45 bits per heavy atom. The molecular weight excluding hydrogens is 641 g/mol. The average molecular weight is 664 g/mol. The fourth-order valence-electron chi connectivity index (χ4n) is 3.22. The number of hydrogen-bond donors (Lipinski definition) is 1. The fraction of sp³-hybridized carbons (Fsp3) is 0.200. The van der Waals surface area contributed by atoms with Gasteiger partial charge in [-0.05, 0) is 75.9 Å². The van der Waals surface area contributed by atoms with Crippen LogP contribution in [0.2, 0.25) is 15.1 Å². The van der Waals surface area contributed by atoms with Crippen LogP contribution >= 0.6 is 50.7 Å². The molecule has 0 aromatic heterocycles. The zero-order valence-electron chi connectivity index (χ0n) is 20.5. The summed E-state index contributed by atoms with van der Waals surface area (Å²) in [4.78, 5) is 12.5. The van der Waals surface area contributed by atoms with Crippen LogP contribution in [0.5, 0.6) is 11.5 Å². The SMILES string of the molecule is COc1cc(/C=N\NC(=O)CN(c2ccc(C)c(Cl)c2)S(C)(=O)=O)cc(Br)c1OCc1ccc(Cl)c(Cl)c1. The van der Waals surface area contributed by atoms with Gasteiger partial charge in [0.15, 0.2) is 11.5 Å². The highest BCUT2D eigenvalue weighted by Crippen LogP contribution is 2.37. The van der Waals surface area contributed by atoms with E-state index in [1.165, 1.54) is 19.4 Å². The number of anilines is 1. The van der Waals surface area contributed by atoms with Gasteiger partial charge in [-0.3, -0.25) is 9.10 Å². The molecule has 0 atom stereocenters. The van der Waals surface area contributed by atoms with Crippen LogP contribution in [0, 0.1) is 6.92 Å². The van der Waals surface area contributed by atoms with Crippen LogP contribution in [0.1, 0.15) is 16.7 Å². The van der Waals surface area contributed by atoms with Crippen molar-refractivity contribution in [1.29, 1.82) is 0 Å². The number of hydrogen-bond acceptors (Lipinski definition) is 6. The molecule has 0 aliphatic carbocycles. The van der Waals surface area contributed by atoms with Gasteiger partial charge in [0, 0.05) is 5.02 Å². The third kappa shape index (κ3) is 8.00. The van der Waals surface area contributed by atoms with Crippen molar-refractivity contribution in [2.45, 2.75) is 13.5 Å². The Morgan fingerprint density at radius 1 is 1.08 bits per heavy atom. The first-order valence-electron chi connectivity index (χ1n) is 10.9. The van der Waals surface area contributed by atoms with E-state index in [0.717, 1.165) is 21.7 Å². The molecule has 13 heteroatoms. The molecule has 0 aliphatic rings. The van der Waals surface area contributed by atoms with Crippen molar-refractivity contribution in [3.05, 3.63) is 84.8 Å². The van der Waals surface area contributed by atoms with Crippen molar-refractivity contribution in [2.75, 3.05) is 24.2 Å². The Bertz CT molecular complexity index is 1490. The predicted molar refractivity (Wildman–Crippen MR) is 156 cm³/mol. The molecule has 0 aliphatic heterocycles. The Kier molecular flexibility index (Phi) is 10.3. The predicted octanol–water partition coefficient (Wildman–Crippen LogP) is 6.22. The summed E-state index contributed by atoms with van der Waals surface area (Å²) in [7, 11) is -2.26. The van der Waals surface area contributed by atoms with Crippen molar-refractivity contribution in [1.82, 2.24) is 5.43 Å². The summed E-state index contributed by atoms with van der Waals surface area (Å²) in [5, 5.41) is 5.21. The summed E-state index contributed by atoms with van der Waals surface area (Å²) in [5.74, 6) is 0.239. The molecule has 0 heterocycles. The number of methoxy groups -OCH3 is 1. The number of carbonyl (C=O) groups excluding carboxylic acids is 1. The van der Waals surface area contributed by atoms with Crippen molar-refractivity contribution < 1.29 is 22.7 Å². The van der Waals surface area contributed by atoms with E-state index in [-0.39, 0.29) is 12.3 Å². The molecule has 202 valence electrons. The van der Waals surface area contributed by atoms with Crippen LogP contribution in [0.15, 0.2) is 58.1 Å². The number of benzene rings is 3. The summed E-state index contributed by atoms with van der Waals surface area (Å²) in [6, 6.07) is 13.3. The molecule has 1 N–H and O–H groups in total. The van der Waals surface area contributed by atoms with Gasteiger partial charge in [0.05, 0.1) is 39.8 Å². The lowest BCUT2D eigenvalue weighted by Crippen LogP contribution is -2.39. The largest absolute Gasteiger partial charge is 0.493 e. The van der Waals surface area contributed by atoms with E-state index in [1.807, 2.05) is 0 Å². The first-order valence-corrected chi connectivity index (χ1v) is 14.7. The minimum Gasteiger partial charge on any atom is -0.493 e. The summed E-state index contributed by atoms with van der Waals surface area (Å²) in [6.45, 7) is 1.53. The Hall–Kier alpha value is -2.50. The molecule has 3 aromatic rings. The Balaban J connectivity index is 1.69. The van der Waals surface area contributed by atoms with E-state index in [2.05, 4.69) is 26.5 Å². The van der Waals surface area contributed by atoms with E-state index in [1.54, 1.807) is 49.4 Å². The summed E-state index contributed by atoms with van der Waals surface area (Å²) >= 11 is 21.6. The highest BCUT2D eigenvalue weighted by Gasteiger charge is 2.21. The lowest BCUT2D eigenvalue weighted by Gasteiger charge is -2.21. The zero-order chi connectivity index (χ0) is 28.0. The minimum absolute atomic E-state index is 0.221. The lowest BCUT2D eigenvalue weighted by atomic mass is 10.2. The average Bonchev–Trinajstić information content (AvgIpc) is 2.84. The van der Waals surface area contributed by atoms with Gasteiger partial charge in [-0.2, -0.15) is 5.10 Å². The molecule has 38 heavy (non-hydrogen) atoms. The van der Waals surface area contributed by atoms with Crippen LogP contribution in [0.4, 0.5) is 5.69 Å². The molecular formula is C25H23BrCl3N3O5S. The smallest absolute Gasteiger partial charge is 0.260 e. The summed E-state index contributed by atoms with van der Waals surface area (Å²) in [5.41, 5.74) is 4.79. The fourth-order valence-corrected chi connectivity index (χ4v) is 5.14. The third-order valence-corrected chi connectivity index (χ3v) is 8.03. The number of sulfonamides is 1. The van der Waals surface area contributed by atoms with E-state index < -0.39 is 22.5 Å². The van der Waals surface area contributed by atoms with Gasteiger partial charge in [-0.1, -0.05) is 46.9 Å². The molecule has 1 amide bonds. The number of aryl methyl sites for hydroxylation is 1. The summed E-state index contributed by atoms with van der Waals surface area (Å²) < 4.78 is 37.5. The van der Waals surface area contributed by atoms with Gasteiger partial charge >= 0.3 is 0 Å². The van der Waals surface area contributed by atoms with E-state index in [9.17, 15) is 13.2 Å². The quantitative estimate of drug-likeness (QED) is 0.205. The first kappa shape index (κ1) is 30.0. The molecule has 0 spiro atoms. The Morgan fingerprint density at radius 2 is 1.82 bits per heavy atom. The monoisotopic (exact) mass is 661 g/mol. The van der Waals surface area contributed by atoms with E-state index in [4.69, 9.17) is 44.3 Å². The molecule has 3 aromatic carbocycles. The highest BCUT2D eigenvalue weighted by atomic mass is 79.9. The molecule has 3 rings (SSSR count).